The van der Waals surface area contributed by atoms with Crippen molar-refractivity contribution < 1.29 is 24.1 Å². The predicted molar refractivity (Wildman–Crippen MR) is 78.7 cm³/mol. The number of hydrogen-bond donors (Lipinski definition) is 3. The second-order valence-corrected chi connectivity index (χ2v) is 5.22. The lowest BCUT2D eigenvalue weighted by Crippen LogP contribution is -2.51. The molecule has 2 rings (SSSR count). The predicted octanol–water partition coefficient (Wildman–Crippen LogP) is -1.50. The fourth-order valence-corrected chi connectivity index (χ4v) is 2.33. The maximum Gasteiger partial charge on any atom is 0.315 e. The van der Waals surface area contributed by atoms with Crippen molar-refractivity contribution in [3.05, 3.63) is 11.9 Å². The summed E-state index contributed by atoms with van der Waals surface area (Å²) in [5, 5.41) is 23.3. The summed E-state index contributed by atoms with van der Waals surface area (Å²) in [5.74, 6) is 0. The van der Waals surface area contributed by atoms with E-state index in [1.165, 1.54) is 0 Å². The summed E-state index contributed by atoms with van der Waals surface area (Å²) in [5.41, 5.74) is 0.702. The SMILES string of the molecule is COCCNC(=O)N[C@@H]1[C@@H](O)CO[C@@H]1Cn1cc(COC)nn1. The summed E-state index contributed by atoms with van der Waals surface area (Å²) in [6, 6.07) is -0.895. The Bertz CT molecular complexity index is 497. The first-order valence-electron chi connectivity index (χ1n) is 7.35. The molecule has 0 bridgehead atoms. The van der Waals surface area contributed by atoms with E-state index in [0.717, 1.165) is 0 Å². The minimum absolute atomic E-state index is 0.160. The van der Waals surface area contributed by atoms with Crippen molar-refractivity contribution in [3.8, 4) is 0 Å². The van der Waals surface area contributed by atoms with Crippen LogP contribution in [0, 0.1) is 0 Å². The maximum absolute atomic E-state index is 11.8. The van der Waals surface area contributed by atoms with E-state index in [1.807, 2.05) is 0 Å². The van der Waals surface area contributed by atoms with Gasteiger partial charge in [0, 0.05) is 20.8 Å². The van der Waals surface area contributed by atoms with E-state index in [-0.39, 0.29) is 12.6 Å². The molecule has 1 fully saturated rings. The van der Waals surface area contributed by atoms with Gasteiger partial charge in [0.1, 0.15) is 17.9 Å². The molecule has 3 N–H and O–H groups in total. The first-order valence-corrected chi connectivity index (χ1v) is 7.35. The molecule has 130 valence electrons. The molecule has 1 aliphatic rings. The second kappa shape index (κ2) is 8.77. The Balaban J connectivity index is 1.87. The Morgan fingerprint density at radius 1 is 1.52 bits per heavy atom. The van der Waals surface area contributed by atoms with Gasteiger partial charge >= 0.3 is 6.03 Å². The van der Waals surface area contributed by atoms with Crippen molar-refractivity contribution in [3.63, 3.8) is 0 Å². The normalized spacial score (nSPS) is 23.9. The zero-order valence-corrected chi connectivity index (χ0v) is 13.3. The summed E-state index contributed by atoms with van der Waals surface area (Å²) in [7, 11) is 3.14. The van der Waals surface area contributed by atoms with Crippen molar-refractivity contribution in [2.75, 3.05) is 34.0 Å². The van der Waals surface area contributed by atoms with Gasteiger partial charge in [0.2, 0.25) is 0 Å². The number of amides is 2. The van der Waals surface area contributed by atoms with Crippen LogP contribution in [0.4, 0.5) is 4.79 Å². The number of aromatic nitrogens is 3. The third-order valence-corrected chi connectivity index (χ3v) is 3.43. The van der Waals surface area contributed by atoms with E-state index in [0.29, 0.717) is 32.0 Å². The number of aliphatic hydroxyl groups is 1. The Hall–Kier alpha value is -1.75. The zero-order chi connectivity index (χ0) is 16.7. The lowest BCUT2D eigenvalue weighted by atomic mass is 10.1. The molecule has 10 heteroatoms. The molecule has 23 heavy (non-hydrogen) atoms. The smallest absolute Gasteiger partial charge is 0.315 e. The molecule has 2 amide bonds. The molecule has 3 atom stereocenters. The number of urea groups is 1. The molecule has 0 radical (unpaired) electrons. The molecule has 0 unspecified atom stereocenters. The van der Waals surface area contributed by atoms with Gasteiger partial charge in [-0.05, 0) is 0 Å². The lowest BCUT2D eigenvalue weighted by Gasteiger charge is -2.21. The average molecular weight is 329 g/mol. The van der Waals surface area contributed by atoms with Gasteiger partial charge in [-0.3, -0.25) is 0 Å². The number of rotatable bonds is 8. The van der Waals surface area contributed by atoms with Gasteiger partial charge in [-0.2, -0.15) is 0 Å². The third kappa shape index (κ3) is 5.13. The average Bonchev–Trinajstić information content (AvgIpc) is 3.10. The van der Waals surface area contributed by atoms with Crippen LogP contribution in [-0.4, -0.2) is 78.4 Å². The molecule has 0 saturated carbocycles. The Labute approximate surface area is 134 Å². The first kappa shape index (κ1) is 17.6. The van der Waals surface area contributed by atoms with Gasteiger partial charge in [-0.25, -0.2) is 9.48 Å². The molecule has 1 aromatic rings. The molecule has 0 spiro atoms. The first-order chi connectivity index (χ1) is 11.1. The van der Waals surface area contributed by atoms with Gasteiger partial charge in [0.15, 0.2) is 0 Å². The van der Waals surface area contributed by atoms with Crippen LogP contribution in [0.3, 0.4) is 0 Å². The van der Waals surface area contributed by atoms with Gasteiger partial charge < -0.3 is 30.0 Å². The number of nitrogens with zero attached hydrogens (tertiary/aromatic N) is 3. The van der Waals surface area contributed by atoms with Crippen LogP contribution in [0.25, 0.3) is 0 Å². The summed E-state index contributed by atoms with van der Waals surface area (Å²) in [6.07, 6.45) is 0.582. The van der Waals surface area contributed by atoms with E-state index < -0.39 is 18.2 Å². The summed E-state index contributed by atoms with van der Waals surface area (Å²) in [4.78, 5) is 11.8. The molecular weight excluding hydrogens is 306 g/mol. The van der Waals surface area contributed by atoms with Crippen LogP contribution in [0.5, 0.6) is 0 Å². The topological polar surface area (TPSA) is 120 Å². The molecule has 10 nitrogen and oxygen atoms in total. The molecule has 1 saturated heterocycles. The van der Waals surface area contributed by atoms with Crippen molar-refractivity contribution in [2.24, 2.45) is 0 Å². The van der Waals surface area contributed by atoms with Crippen LogP contribution < -0.4 is 10.6 Å². The van der Waals surface area contributed by atoms with Crippen LogP contribution >= 0.6 is 0 Å². The quantitative estimate of drug-likeness (QED) is 0.496. The number of nitrogens with one attached hydrogen (secondary N) is 2. The Morgan fingerprint density at radius 2 is 2.35 bits per heavy atom. The number of hydrogen-bond acceptors (Lipinski definition) is 7. The molecule has 2 heterocycles. The molecule has 0 aliphatic carbocycles. The monoisotopic (exact) mass is 329 g/mol. The molecular formula is C13H23N5O5. The highest BCUT2D eigenvalue weighted by Crippen LogP contribution is 2.16. The standard InChI is InChI=1S/C13H23N5O5/c1-21-4-3-14-13(20)15-12-10(19)8-23-11(12)6-18-5-9(7-22-2)16-17-18/h5,10-12,19H,3-4,6-8H2,1-2H3,(H2,14,15,20)/t10-,11+,12+/m0/s1. The fraction of sp³-hybridized carbons (Fsp3) is 0.769. The van der Waals surface area contributed by atoms with Gasteiger partial charge in [0.05, 0.1) is 38.6 Å². The number of aliphatic hydroxyl groups excluding tert-OH is 1. The van der Waals surface area contributed by atoms with E-state index in [4.69, 9.17) is 14.2 Å². The van der Waals surface area contributed by atoms with E-state index in [2.05, 4.69) is 20.9 Å². The van der Waals surface area contributed by atoms with Crippen LogP contribution in [0.1, 0.15) is 5.69 Å². The van der Waals surface area contributed by atoms with Crippen LogP contribution in [0.15, 0.2) is 6.20 Å². The summed E-state index contributed by atoms with van der Waals surface area (Å²) < 4.78 is 17.0. The van der Waals surface area contributed by atoms with Gasteiger partial charge in [-0.1, -0.05) is 5.21 Å². The molecule has 1 aromatic heterocycles. The van der Waals surface area contributed by atoms with E-state index in [1.54, 1.807) is 25.1 Å². The van der Waals surface area contributed by atoms with Crippen molar-refractivity contribution in [2.45, 2.75) is 31.4 Å². The Kier molecular flexibility index (Phi) is 6.71. The zero-order valence-electron chi connectivity index (χ0n) is 13.3. The highest BCUT2D eigenvalue weighted by molar-refractivity contribution is 5.74. The third-order valence-electron chi connectivity index (χ3n) is 3.43. The maximum atomic E-state index is 11.8. The minimum atomic E-state index is -0.768. The van der Waals surface area contributed by atoms with E-state index in [9.17, 15) is 9.90 Å². The van der Waals surface area contributed by atoms with Crippen molar-refractivity contribution in [1.29, 1.82) is 0 Å². The van der Waals surface area contributed by atoms with E-state index >= 15 is 0 Å². The number of methoxy groups -OCH3 is 2. The van der Waals surface area contributed by atoms with Crippen molar-refractivity contribution in [1.82, 2.24) is 25.6 Å². The second-order valence-electron chi connectivity index (χ2n) is 5.22. The number of carbonyl (C=O) groups excluding carboxylic acids is 1. The highest BCUT2D eigenvalue weighted by atomic mass is 16.5. The van der Waals surface area contributed by atoms with Gasteiger partial charge in [0.25, 0.3) is 0 Å². The minimum Gasteiger partial charge on any atom is -0.388 e. The molecule has 1 aliphatic heterocycles. The Morgan fingerprint density at radius 3 is 3.09 bits per heavy atom. The largest absolute Gasteiger partial charge is 0.388 e. The molecule has 0 aromatic carbocycles. The summed E-state index contributed by atoms with van der Waals surface area (Å²) in [6.45, 7) is 1.71. The van der Waals surface area contributed by atoms with Crippen LogP contribution in [0.2, 0.25) is 0 Å². The highest BCUT2D eigenvalue weighted by Gasteiger charge is 2.37. The van der Waals surface area contributed by atoms with Crippen LogP contribution in [-0.2, 0) is 27.4 Å². The summed E-state index contributed by atoms with van der Waals surface area (Å²) >= 11 is 0. The lowest BCUT2D eigenvalue weighted by molar-refractivity contribution is 0.0746. The number of ether oxygens (including phenoxy) is 3. The number of carbonyl (C=O) groups is 1. The van der Waals surface area contributed by atoms with Crippen molar-refractivity contribution >= 4 is 6.03 Å². The fourth-order valence-electron chi connectivity index (χ4n) is 2.33. The van der Waals surface area contributed by atoms with Gasteiger partial charge in [-0.15, -0.1) is 5.10 Å².